The van der Waals surface area contributed by atoms with Crippen molar-refractivity contribution in [1.82, 2.24) is 0 Å². The van der Waals surface area contributed by atoms with E-state index in [1.165, 1.54) is 57.8 Å². The fraction of sp³-hybridized carbons (Fsp3) is 0.630. The van der Waals surface area contributed by atoms with Gasteiger partial charge < -0.3 is 33.8 Å². The molecule has 0 aliphatic heterocycles. The fourth-order valence-electron chi connectivity index (χ4n) is 9.33. The molecule has 0 fully saturated rings. The van der Waals surface area contributed by atoms with Crippen molar-refractivity contribution in [3.8, 4) is 0 Å². The van der Waals surface area contributed by atoms with E-state index >= 15 is 0 Å². The number of hydrogen-bond donors (Lipinski definition) is 3. The fourth-order valence-corrected chi connectivity index (χ4v) is 10.9. The molecular formula is C81H132O17P2. The minimum absolute atomic E-state index is 0.0734. The Balaban J connectivity index is 5.52. The minimum atomic E-state index is -5.02. The smallest absolute Gasteiger partial charge is 0.462 e. The lowest BCUT2D eigenvalue weighted by molar-refractivity contribution is -0.161. The Morgan fingerprint density at radius 3 is 0.960 bits per heavy atom. The minimum Gasteiger partial charge on any atom is -0.462 e. The Kier molecular flexibility index (Phi) is 68.2. The highest BCUT2D eigenvalue weighted by Gasteiger charge is 2.30. The molecule has 0 saturated heterocycles. The zero-order valence-electron chi connectivity index (χ0n) is 61.8. The molecule has 0 radical (unpaired) electrons. The highest BCUT2D eigenvalue weighted by Crippen LogP contribution is 2.45. The molecule has 0 heterocycles. The summed E-state index contributed by atoms with van der Waals surface area (Å²) in [4.78, 5) is 72.7. The van der Waals surface area contributed by atoms with Crippen LogP contribution in [0.4, 0.5) is 0 Å². The summed E-state index contributed by atoms with van der Waals surface area (Å²) >= 11 is 0. The number of carbonyl (C=O) groups excluding carboxylic acids is 4. The number of aliphatic hydroxyl groups excluding tert-OH is 1. The van der Waals surface area contributed by atoms with Crippen molar-refractivity contribution in [1.29, 1.82) is 0 Å². The van der Waals surface area contributed by atoms with Gasteiger partial charge in [-0.25, -0.2) is 9.13 Å². The molecule has 0 saturated carbocycles. The van der Waals surface area contributed by atoms with E-state index in [2.05, 4.69) is 137 Å². The normalized spacial score (nSPS) is 14.8. The van der Waals surface area contributed by atoms with Gasteiger partial charge in [0.15, 0.2) is 12.2 Å². The molecule has 5 unspecified atom stereocenters. The van der Waals surface area contributed by atoms with Crippen LogP contribution in [0.5, 0.6) is 0 Å². The van der Waals surface area contributed by atoms with Crippen LogP contribution in [0, 0.1) is 0 Å². The quantitative estimate of drug-likeness (QED) is 0.0169. The van der Waals surface area contributed by atoms with Crippen LogP contribution in [-0.2, 0) is 65.4 Å². The predicted octanol–water partition coefficient (Wildman–Crippen LogP) is 21.7. The number of ether oxygens (including phenoxy) is 4. The zero-order chi connectivity index (χ0) is 73.2. The van der Waals surface area contributed by atoms with Gasteiger partial charge in [-0.1, -0.05) is 269 Å². The molecule has 5 atom stereocenters. The lowest BCUT2D eigenvalue weighted by atomic mass is 10.1. The van der Waals surface area contributed by atoms with Crippen LogP contribution in [0.2, 0.25) is 0 Å². The lowest BCUT2D eigenvalue weighted by Crippen LogP contribution is -2.30. The van der Waals surface area contributed by atoms with Crippen molar-refractivity contribution < 1.29 is 80.2 Å². The van der Waals surface area contributed by atoms with Gasteiger partial charge in [-0.2, -0.15) is 0 Å². The number of hydrogen-bond acceptors (Lipinski definition) is 15. The second kappa shape index (κ2) is 72.0. The number of phosphoric ester groups is 2. The number of phosphoric acid groups is 2. The molecule has 17 nitrogen and oxygen atoms in total. The van der Waals surface area contributed by atoms with Gasteiger partial charge in [-0.05, 0) is 135 Å². The summed E-state index contributed by atoms with van der Waals surface area (Å²) in [6.45, 7) is 4.33. The summed E-state index contributed by atoms with van der Waals surface area (Å²) in [5, 5.41) is 10.6. The van der Waals surface area contributed by atoms with Crippen molar-refractivity contribution in [2.45, 2.75) is 290 Å². The Morgan fingerprint density at radius 2 is 0.570 bits per heavy atom. The van der Waals surface area contributed by atoms with Crippen LogP contribution in [0.15, 0.2) is 158 Å². The van der Waals surface area contributed by atoms with E-state index in [1.54, 1.807) is 18.2 Å². The molecule has 568 valence electrons. The van der Waals surface area contributed by atoms with Crippen molar-refractivity contribution in [3.05, 3.63) is 158 Å². The van der Waals surface area contributed by atoms with Crippen molar-refractivity contribution >= 4 is 39.5 Å². The average molecular weight is 1440 g/mol. The highest BCUT2D eigenvalue weighted by molar-refractivity contribution is 7.47. The van der Waals surface area contributed by atoms with E-state index in [9.17, 15) is 43.2 Å². The summed E-state index contributed by atoms with van der Waals surface area (Å²) in [5.41, 5.74) is 0. The Hall–Kier alpha value is -5.32. The van der Waals surface area contributed by atoms with Crippen LogP contribution in [0.3, 0.4) is 0 Å². The van der Waals surface area contributed by atoms with Gasteiger partial charge in [-0.15, -0.1) is 0 Å². The van der Waals surface area contributed by atoms with E-state index in [-0.39, 0.29) is 25.7 Å². The van der Waals surface area contributed by atoms with Crippen molar-refractivity contribution in [3.63, 3.8) is 0 Å². The number of allylic oxidation sites excluding steroid dienone is 24. The number of esters is 4. The van der Waals surface area contributed by atoms with E-state index in [0.717, 1.165) is 135 Å². The number of rotatable bonds is 69. The topological polar surface area (TPSA) is 237 Å². The number of unbranched alkanes of at least 4 members (excludes halogenated alkanes) is 19. The van der Waals surface area contributed by atoms with Crippen LogP contribution in [-0.4, -0.2) is 96.7 Å². The van der Waals surface area contributed by atoms with Crippen LogP contribution in [0.1, 0.15) is 272 Å². The highest BCUT2D eigenvalue weighted by atomic mass is 31.2. The van der Waals surface area contributed by atoms with Crippen molar-refractivity contribution in [2.24, 2.45) is 0 Å². The van der Waals surface area contributed by atoms with Crippen molar-refractivity contribution in [2.75, 3.05) is 39.6 Å². The van der Waals surface area contributed by atoms with Gasteiger partial charge in [0.05, 0.1) is 39.3 Å². The van der Waals surface area contributed by atoms with E-state index in [0.29, 0.717) is 25.7 Å². The van der Waals surface area contributed by atoms with Gasteiger partial charge in [0.1, 0.15) is 19.3 Å². The van der Waals surface area contributed by atoms with Gasteiger partial charge in [0, 0.05) is 12.8 Å². The second-order valence-corrected chi connectivity index (χ2v) is 27.4. The number of carbonyl (C=O) groups is 4. The maximum Gasteiger partial charge on any atom is 0.472 e. The maximum absolute atomic E-state index is 13.1. The van der Waals surface area contributed by atoms with E-state index in [4.69, 9.17) is 37.0 Å². The first-order valence-electron chi connectivity index (χ1n) is 37.7. The zero-order valence-corrected chi connectivity index (χ0v) is 63.6. The third kappa shape index (κ3) is 71.1. The van der Waals surface area contributed by atoms with Crippen LogP contribution >= 0.6 is 15.6 Å². The van der Waals surface area contributed by atoms with Gasteiger partial charge in [-0.3, -0.25) is 37.3 Å². The molecule has 19 heteroatoms. The molecule has 0 rings (SSSR count). The van der Waals surface area contributed by atoms with Gasteiger partial charge in [0.25, 0.3) is 0 Å². The SMILES string of the molecule is CC/C=C\C/C=C\C/C=C\C/C=C\C/C=C\CC(=O)OCC(COP(=O)(O)OCC(O)COP(=O)(O)OCC(COC(=O)CCCCCCC/C=C\C/C=C\CCCCC)OC(=O)CCCCCCC/C=C\CCCCCCCC)OC(=O)C/C=C\C/C=C\C/C=C\C/C=C\C/C=C\CC. The summed E-state index contributed by atoms with van der Waals surface area (Å²) < 4.78 is 68.2. The Labute approximate surface area is 604 Å². The predicted molar refractivity (Wildman–Crippen MR) is 408 cm³/mol. The third-order valence-electron chi connectivity index (χ3n) is 15.0. The molecule has 0 aliphatic rings. The molecule has 0 aromatic heterocycles. The maximum atomic E-state index is 13.1. The molecular weight excluding hydrogens is 1310 g/mol. The first-order chi connectivity index (χ1) is 48.7. The largest absolute Gasteiger partial charge is 0.472 e. The molecule has 0 aliphatic carbocycles. The van der Waals surface area contributed by atoms with Crippen LogP contribution < -0.4 is 0 Å². The van der Waals surface area contributed by atoms with Crippen LogP contribution in [0.25, 0.3) is 0 Å². The molecule has 100 heavy (non-hydrogen) atoms. The average Bonchev–Trinajstić information content (AvgIpc) is 1.01. The summed E-state index contributed by atoms with van der Waals surface area (Å²) in [6, 6.07) is 0. The molecule has 0 aromatic rings. The molecule has 0 bridgehead atoms. The standard InChI is InChI=1S/C81H132O17P2/c1-5-9-13-17-21-25-29-33-37-41-45-49-53-57-61-65-78(83)91-71-76(97-80(85)67-63-59-55-51-47-43-39-35-31-27-23-19-15-11-7-3)73-95-99(87,88)93-69-75(82)70-94-100(89,90)96-74-77(98-81(86)68-64-60-56-52-48-44-40-36-32-28-24-20-16-12-8-4)72-92-79(84)66-62-58-54-50-46-42-38-34-30-26-22-18-14-10-6-2/h9,11,13,15,21-23,25-27,33-40,45,47,49,51,57,59,61,63,75-77,82H,5-8,10,12,14,16-20,24,28-32,41-44,46,48,50,52-56,58,60,62,64-74H2,1-4H3,(H,87,88)(H,89,90)/b13-9-,15-11-,25-21-,26-22-,27-23-,37-33-,38-34-,39-35-,40-36-,49-45-,51-47-,61-57-,63-59-. The molecule has 0 spiro atoms. The van der Waals surface area contributed by atoms with E-state index < -0.39 is 97.5 Å². The lowest BCUT2D eigenvalue weighted by Gasteiger charge is -2.21. The third-order valence-corrected chi connectivity index (χ3v) is 16.9. The summed E-state index contributed by atoms with van der Waals surface area (Å²) in [6.07, 6.45) is 83.0. The second-order valence-electron chi connectivity index (χ2n) is 24.5. The van der Waals surface area contributed by atoms with E-state index in [1.807, 2.05) is 30.4 Å². The van der Waals surface area contributed by atoms with Gasteiger partial charge >= 0.3 is 39.5 Å². The first kappa shape index (κ1) is 94.7. The van der Waals surface area contributed by atoms with Gasteiger partial charge in [0.2, 0.25) is 0 Å². The summed E-state index contributed by atoms with van der Waals surface area (Å²) in [5.74, 6) is -2.51. The first-order valence-corrected chi connectivity index (χ1v) is 40.7. The monoisotopic (exact) mass is 1440 g/mol. The Morgan fingerprint density at radius 1 is 0.300 bits per heavy atom. The molecule has 0 aromatic carbocycles. The summed E-state index contributed by atoms with van der Waals surface area (Å²) in [7, 11) is -10.0. The number of aliphatic hydroxyl groups is 1. The molecule has 0 amide bonds. The Bertz CT molecular complexity index is 2520. The molecule has 3 N–H and O–H groups in total.